The monoisotopic (exact) mass is 382 g/mol. The van der Waals surface area contributed by atoms with E-state index < -0.39 is 0 Å². The van der Waals surface area contributed by atoms with Gasteiger partial charge in [0.25, 0.3) is 5.91 Å². The summed E-state index contributed by atoms with van der Waals surface area (Å²) >= 11 is 0. The van der Waals surface area contributed by atoms with Crippen LogP contribution in [0, 0.1) is 0 Å². The van der Waals surface area contributed by atoms with Crippen molar-refractivity contribution in [3.8, 4) is 11.5 Å². The molecule has 148 valence electrons. The van der Waals surface area contributed by atoms with Gasteiger partial charge in [-0.2, -0.15) is 0 Å². The fraction of sp³-hybridized carbons (Fsp3) is 0.364. The van der Waals surface area contributed by atoms with Crippen LogP contribution >= 0.6 is 0 Å². The molecule has 2 amide bonds. The van der Waals surface area contributed by atoms with Gasteiger partial charge in [0, 0.05) is 32.1 Å². The number of benzene rings is 2. The summed E-state index contributed by atoms with van der Waals surface area (Å²) in [5.74, 6) is 0.172. The highest BCUT2D eigenvalue weighted by Gasteiger charge is 2.31. The number of rotatable bonds is 5. The average molecular weight is 382 g/mol. The van der Waals surface area contributed by atoms with Crippen molar-refractivity contribution in [3.05, 3.63) is 59.7 Å². The molecule has 6 heteroatoms. The van der Waals surface area contributed by atoms with E-state index in [1.165, 1.54) is 19.2 Å². The maximum atomic E-state index is 13.1. The SMILES string of the molecule is CCC1CN(C(=O)c2cc(OC)ccc2O)CCC(=O)N1Cc1ccccc1. The lowest BCUT2D eigenvalue weighted by atomic mass is 10.1. The molecular weight excluding hydrogens is 356 g/mol. The van der Waals surface area contributed by atoms with Crippen LogP contribution in [0.25, 0.3) is 0 Å². The lowest BCUT2D eigenvalue weighted by molar-refractivity contribution is -0.133. The number of carbonyl (C=O) groups excluding carboxylic acids is 2. The molecule has 0 radical (unpaired) electrons. The van der Waals surface area contributed by atoms with E-state index in [4.69, 9.17) is 4.74 Å². The van der Waals surface area contributed by atoms with Crippen molar-refractivity contribution in [2.24, 2.45) is 0 Å². The molecule has 1 saturated heterocycles. The van der Waals surface area contributed by atoms with Crippen LogP contribution in [0.4, 0.5) is 0 Å². The van der Waals surface area contributed by atoms with Gasteiger partial charge in [0.05, 0.1) is 12.7 Å². The summed E-state index contributed by atoms with van der Waals surface area (Å²) in [4.78, 5) is 29.4. The number of phenols is 1. The Hall–Kier alpha value is -3.02. The quantitative estimate of drug-likeness (QED) is 0.863. The minimum atomic E-state index is -0.288. The van der Waals surface area contributed by atoms with E-state index in [2.05, 4.69) is 0 Å². The van der Waals surface area contributed by atoms with Crippen LogP contribution in [-0.2, 0) is 11.3 Å². The third-order valence-corrected chi connectivity index (χ3v) is 5.18. The van der Waals surface area contributed by atoms with Crippen molar-refractivity contribution in [3.63, 3.8) is 0 Å². The molecule has 1 unspecified atom stereocenters. The number of ether oxygens (including phenoxy) is 1. The molecule has 2 aromatic rings. The smallest absolute Gasteiger partial charge is 0.257 e. The summed E-state index contributed by atoms with van der Waals surface area (Å²) in [6, 6.07) is 14.4. The molecule has 1 atom stereocenters. The fourth-order valence-corrected chi connectivity index (χ4v) is 3.54. The Bertz CT molecular complexity index is 838. The first kappa shape index (κ1) is 19.7. The molecule has 1 aliphatic heterocycles. The normalized spacial score (nSPS) is 17.4. The highest BCUT2D eigenvalue weighted by Crippen LogP contribution is 2.26. The van der Waals surface area contributed by atoms with Crippen LogP contribution in [0.15, 0.2) is 48.5 Å². The van der Waals surface area contributed by atoms with Gasteiger partial charge in [0.15, 0.2) is 0 Å². The number of methoxy groups -OCH3 is 1. The zero-order chi connectivity index (χ0) is 20.1. The summed E-state index contributed by atoms with van der Waals surface area (Å²) in [6.07, 6.45) is 1.01. The zero-order valence-electron chi connectivity index (χ0n) is 16.3. The van der Waals surface area contributed by atoms with Gasteiger partial charge >= 0.3 is 0 Å². The van der Waals surface area contributed by atoms with Gasteiger partial charge in [-0.25, -0.2) is 0 Å². The predicted octanol–water partition coefficient (Wildman–Crippen LogP) is 3.05. The molecule has 0 aromatic heterocycles. The molecule has 1 aliphatic rings. The fourth-order valence-electron chi connectivity index (χ4n) is 3.54. The lowest BCUT2D eigenvalue weighted by Gasteiger charge is -2.31. The largest absolute Gasteiger partial charge is 0.507 e. The van der Waals surface area contributed by atoms with E-state index in [0.717, 1.165) is 12.0 Å². The molecule has 6 nitrogen and oxygen atoms in total. The molecule has 2 aromatic carbocycles. The van der Waals surface area contributed by atoms with Crippen molar-refractivity contribution >= 4 is 11.8 Å². The Kier molecular flexibility index (Phi) is 6.19. The molecule has 28 heavy (non-hydrogen) atoms. The Labute approximate surface area is 165 Å². The molecule has 1 heterocycles. The first-order valence-electron chi connectivity index (χ1n) is 9.53. The Balaban J connectivity index is 1.82. The van der Waals surface area contributed by atoms with E-state index in [1.807, 2.05) is 42.2 Å². The average Bonchev–Trinajstić information content (AvgIpc) is 2.88. The summed E-state index contributed by atoms with van der Waals surface area (Å²) in [6.45, 7) is 3.32. The van der Waals surface area contributed by atoms with Gasteiger partial charge in [-0.1, -0.05) is 37.3 Å². The van der Waals surface area contributed by atoms with Crippen molar-refractivity contribution in [1.82, 2.24) is 9.80 Å². The summed E-state index contributed by atoms with van der Waals surface area (Å²) in [7, 11) is 1.51. The van der Waals surface area contributed by atoms with Crippen LogP contribution in [-0.4, -0.2) is 53.0 Å². The molecule has 3 rings (SSSR count). The van der Waals surface area contributed by atoms with Crippen LogP contribution in [0.1, 0.15) is 35.7 Å². The highest BCUT2D eigenvalue weighted by atomic mass is 16.5. The second-order valence-corrected chi connectivity index (χ2v) is 6.95. The third kappa shape index (κ3) is 4.27. The first-order valence-corrected chi connectivity index (χ1v) is 9.53. The van der Waals surface area contributed by atoms with E-state index >= 15 is 0 Å². The maximum Gasteiger partial charge on any atom is 0.257 e. The van der Waals surface area contributed by atoms with E-state index in [9.17, 15) is 14.7 Å². The number of hydrogen-bond acceptors (Lipinski definition) is 4. The lowest BCUT2D eigenvalue weighted by Crippen LogP contribution is -2.43. The zero-order valence-corrected chi connectivity index (χ0v) is 16.3. The summed E-state index contributed by atoms with van der Waals surface area (Å²) in [5.41, 5.74) is 1.26. The van der Waals surface area contributed by atoms with Gasteiger partial charge in [0.1, 0.15) is 11.5 Å². The van der Waals surface area contributed by atoms with Gasteiger partial charge in [-0.15, -0.1) is 0 Å². The van der Waals surface area contributed by atoms with Crippen LogP contribution in [0.2, 0.25) is 0 Å². The Morgan fingerprint density at radius 2 is 1.96 bits per heavy atom. The molecule has 1 N–H and O–H groups in total. The van der Waals surface area contributed by atoms with Crippen LogP contribution in [0.3, 0.4) is 0 Å². The first-order chi connectivity index (χ1) is 13.5. The van der Waals surface area contributed by atoms with E-state index in [-0.39, 0.29) is 35.6 Å². The maximum absolute atomic E-state index is 13.1. The summed E-state index contributed by atoms with van der Waals surface area (Å²) in [5, 5.41) is 10.1. The van der Waals surface area contributed by atoms with Gasteiger partial charge in [0.2, 0.25) is 5.91 Å². The Morgan fingerprint density at radius 3 is 2.64 bits per heavy atom. The molecule has 0 aliphatic carbocycles. The number of aromatic hydroxyl groups is 1. The molecule has 1 fully saturated rings. The number of nitrogens with zero attached hydrogens (tertiary/aromatic N) is 2. The number of amides is 2. The predicted molar refractivity (Wildman–Crippen MR) is 106 cm³/mol. The molecule has 0 bridgehead atoms. The molecule has 0 saturated carbocycles. The highest BCUT2D eigenvalue weighted by molar-refractivity contribution is 5.97. The second kappa shape index (κ2) is 8.78. The number of phenolic OH excluding ortho intramolecular Hbond substituents is 1. The molecule has 0 spiro atoms. The minimum absolute atomic E-state index is 0.0425. The van der Waals surface area contributed by atoms with E-state index in [1.54, 1.807) is 11.0 Å². The van der Waals surface area contributed by atoms with Crippen molar-refractivity contribution in [2.75, 3.05) is 20.2 Å². The molecular formula is C22H26N2O4. The third-order valence-electron chi connectivity index (χ3n) is 5.18. The van der Waals surface area contributed by atoms with Crippen molar-refractivity contribution in [2.45, 2.75) is 32.4 Å². The number of carbonyl (C=O) groups is 2. The van der Waals surface area contributed by atoms with Crippen molar-refractivity contribution < 1.29 is 19.4 Å². The Morgan fingerprint density at radius 1 is 1.21 bits per heavy atom. The van der Waals surface area contributed by atoms with Gasteiger partial charge in [-0.3, -0.25) is 9.59 Å². The van der Waals surface area contributed by atoms with Crippen molar-refractivity contribution in [1.29, 1.82) is 0 Å². The number of hydrogen-bond donors (Lipinski definition) is 1. The van der Waals surface area contributed by atoms with Crippen LogP contribution in [0.5, 0.6) is 11.5 Å². The second-order valence-electron chi connectivity index (χ2n) is 6.95. The standard InChI is InChI=1S/C22H26N2O4/c1-3-17-15-23(22(27)19-13-18(28-2)9-10-20(19)25)12-11-21(26)24(17)14-16-7-5-4-6-8-16/h4-10,13,17,25H,3,11-12,14-15H2,1-2H3. The van der Waals surface area contributed by atoms with E-state index in [0.29, 0.717) is 25.4 Å². The van der Waals surface area contributed by atoms with Crippen LogP contribution < -0.4 is 4.74 Å². The van der Waals surface area contributed by atoms with Gasteiger partial charge < -0.3 is 19.6 Å². The minimum Gasteiger partial charge on any atom is -0.507 e. The summed E-state index contributed by atoms with van der Waals surface area (Å²) < 4.78 is 5.17. The van der Waals surface area contributed by atoms with Gasteiger partial charge in [-0.05, 0) is 30.2 Å². The topological polar surface area (TPSA) is 70.1 Å².